The first-order valence-electron chi connectivity index (χ1n) is 5.53. The summed E-state index contributed by atoms with van der Waals surface area (Å²) in [6.07, 6.45) is 2.51. The van der Waals surface area contributed by atoms with Crippen LogP contribution in [0.25, 0.3) is 0 Å². The molecule has 1 aromatic rings. The lowest BCUT2D eigenvalue weighted by Gasteiger charge is -2.05. The van der Waals surface area contributed by atoms with Crippen LogP contribution in [0.4, 0.5) is 5.69 Å². The molecule has 1 heterocycles. The van der Waals surface area contributed by atoms with E-state index >= 15 is 0 Å². The second kappa shape index (κ2) is 7.24. The summed E-state index contributed by atoms with van der Waals surface area (Å²) in [5.41, 5.74) is 6.76. The van der Waals surface area contributed by atoms with Crippen LogP contribution < -0.4 is 11.1 Å². The van der Waals surface area contributed by atoms with E-state index in [1.165, 1.54) is 0 Å². The number of carbonyl (C=O) groups is 1. The van der Waals surface area contributed by atoms with Gasteiger partial charge in [0, 0.05) is 32.1 Å². The molecule has 4 N–H and O–H groups in total. The Bertz CT molecular complexity index is 366. The summed E-state index contributed by atoms with van der Waals surface area (Å²) in [6.45, 7) is 0.849. The Kier molecular flexibility index (Phi) is 5.93. The standard InChI is InChI=1S/C11H19N3O2S/c1-14-8-9(12)7-10(14)11(16)13-3-6-17-5-2-4-15/h7-8,15H,2-6,12H2,1H3,(H,13,16). The summed E-state index contributed by atoms with van der Waals surface area (Å²) in [5, 5.41) is 11.4. The molecule has 6 heteroatoms. The molecule has 17 heavy (non-hydrogen) atoms. The van der Waals surface area contributed by atoms with Crippen molar-refractivity contribution in [2.75, 3.05) is 30.4 Å². The summed E-state index contributed by atoms with van der Waals surface area (Å²) in [4.78, 5) is 11.7. The van der Waals surface area contributed by atoms with Gasteiger partial charge in [-0.25, -0.2) is 0 Å². The van der Waals surface area contributed by atoms with E-state index in [4.69, 9.17) is 10.8 Å². The lowest BCUT2D eigenvalue weighted by Crippen LogP contribution is -2.27. The number of nitrogens with two attached hydrogens (primary N) is 1. The van der Waals surface area contributed by atoms with Crippen molar-refractivity contribution in [1.82, 2.24) is 9.88 Å². The van der Waals surface area contributed by atoms with Crippen molar-refractivity contribution in [3.05, 3.63) is 18.0 Å². The summed E-state index contributed by atoms with van der Waals surface area (Å²) in [7, 11) is 1.79. The van der Waals surface area contributed by atoms with E-state index in [1.807, 2.05) is 0 Å². The fraction of sp³-hybridized carbons (Fsp3) is 0.545. The maximum atomic E-state index is 11.7. The maximum absolute atomic E-state index is 11.7. The number of nitrogens with one attached hydrogen (secondary N) is 1. The van der Waals surface area contributed by atoms with Gasteiger partial charge in [-0.05, 0) is 18.2 Å². The number of amides is 1. The molecule has 0 atom stereocenters. The Hall–Kier alpha value is -1.14. The summed E-state index contributed by atoms with van der Waals surface area (Å²) >= 11 is 1.72. The zero-order valence-electron chi connectivity index (χ0n) is 9.98. The second-order valence-corrected chi connectivity index (χ2v) is 4.94. The molecular formula is C11H19N3O2S. The van der Waals surface area contributed by atoms with Crippen molar-refractivity contribution >= 4 is 23.4 Å². The van der Waals surface area contributed by atoms with E-state index < -0.39 is 0 Å². The molecule has 0 radical (unpaired) electrons. The molecule has 96 valence electrons. The minimum Gasteiger partial charge on any atom is -0.397 e. The van der Waals surface area contributed by atoms with E-state index in [9.17, 15) is 4.79 Å². The summed E-state index contributed by atoms with van der Waals surface area (Å²) < 4.78 is 1.71. The van der Waals surface area contributed by atoms with Gasteiger partial charge in [0.1, 0.15) is 5.69 Å². The third kappa shape index (κ3) is 4.70. The number of nitrogens with zero attached hydrogens (tertiary/aromatic N) is 1. The molecule has 0 aromatic carbocycles. The van der Waals surface area contributed by atoms with Gasteiger partial charge in [0.2, 0.25) is 0 Å². The van der Waals surface area contributed by atoms with Crippen LogP contribution in [0.5, 0.6) is 0 Å². The number of aryl methyl sites for hydroxylation is 1. The molecule has 0 aliphatic rings. The SMILES string of the molecule is Cn1cc(N)cc1C(=O)NCCSCCCO. The first-order chi connectivity index (χ1) is 8.15. The number of hydrogen-bond donors (Lipinski definition) is 3. The number of hydrogen-bond acceptors (Lipinski definition) is 4. The lowest BCUT2D eigenvalue weighted by atomic mass is 10.4. The average molecular weight is 257 g/mol. The highest BCUT2D eigenvalue weighted by Crippen LogP contribution is 2.08. The molecule has 0 aliphatic carbocycles. The van der Waals surface area contributed by atoms with Crippen LogP contribution >= 0.6 is 11.8 Å². The van der Waals surface area contributed by atoms with Crippen LogP contribution in [0.15, 0.2) is 12.3 Å². The first kappa shape index (κ1) is 13.9. The molecule has 0 saturated heterocycles. The topological polar surface area (TPSA) is 80.3 Å². The Morgan fingerprint density at radius 3 is 2.94 bits per heavy atom. The average Bonchev–Trinajstić information content (AvgIpc) is 2.62. The third-order valence-electron chi connectivity index (χ3n) is 2.24. The van der Waals surface area contributed by atoms with Crippen molar-refractivity contribution in [3.63, 3.8) is 0 Å². The number of aliphatic hydroxyl groups excluding tert-OH is 1. The Morgan fingerprint density at radius 1 is 1.59 bits per heavy atom. The molecule has 1 aromatic heterocycles. The third-order valence-corrected chi connectivity index (χ3v) is 3.31. The highest BCUT2D eigenvalue weighted by Gasteiger charge is 2.09. The zero-order chi connectivity index (χ0) is 12.7. The van der Waals surface area contributed by atoms with Crippen molar-refractivity contribution in [3.8, 4) is 0 Å². The largest absolute Gasteiger partial charge is 0.397 e. The fourth-order valence-electron chi connectivity index (χ4n) is 1.41. The van der Waals surface area contributed by atoms with Gasteiger partial charge in [0.15, 0.2) is 0 Å². The van der Waals surface area contributed by atoms with E-state index in [0.717, 1.165) is 17.9 Å². The zero-order valence-corrected chi connectivity index (χ0v) is 10.8. The van der Waals surface area contributed by atoms with Gasteiger partial charge in [-0.15, -0.1) is 0 Å². The normalized spacial score (nSPS) is 10.5. The number of rotatable bonds is 7. The van der Waals surface area contributed by atoms with Crippen molar-refractivity contribution in [2.24, 2.45) is 7.05 Å². The molecule has 0 saturated carbocycles. The number of anilines is 1. The van der Waals surface area contributed by atoms with E-state index in [-0.39, 0.29) is 12.5 Å². The predicted octanol–water partition coefficient (Wildman–Crippen LogP) is 0.453. The monoisotopic (exact) mass is 257 g/mol. The van der Waals surface area contributed by atoms with Gasteiger partial charge in [-0.1, -0.05) is 0 Å². The van der Waals surface area contributed by atoms with Gasteiger partial charge < -0.3 is 20.7 Å². The number of aliphatic hydroxyl groups is 1. The minimum atomic E-state index is -0.105. The second-order valence-electron chi connectivity index (χ2n) is 3.72. The Labute approximate surface area is 105 Å². The van der Waals surface area contributed by atoms with Gasteiger partial charge in [-0.2, -0.15) is 11.8 Å². The minimum absolute atomic E-state index is 0.105. The molecule has 0 unspecified atom stereocenters. The van der Waals surface area contributed by atoms with Gasteiger partial charge in [-0.3, -0.25) is 4.79 Å². The summed E-state index contributed by atoms with van der Waals surface area (Å²) in [5.74, 6) is 1.67. The van der Waals surface area contributed by atoms with Crippen LogP contribution in [0.1, 0.15) is 16.9 Å². The van der Waals surface area contributed by atoms with E-state index in [1.54, 1.807) is 35.6 Å². The number of thioether (sulfide) groups is 1. The predicted molar refractivity (Wildman–Crippen MR) is 71.2 cm³/mol. The van der Waals surface area contributed by atoms with Crippen LogP contribution in [0.2, 0.25) is 0 Å². The number of aromatic nitrogens is 1. The number of carbonyl (C=O) groups excluding carboxylic acids is 1. The van der Waals surface area contributed by atoms with Crippen molar-refractivity contribution < 1.29 is 9.90 Å². The van der Waals surface area contributed by atoms with Crippen LogP contribution in [0.3, 0.4) is 0 Å². The quantitative estimate of drug-likeness (QED) is 0.620. The van der Waals surface area contributed by atoms with E-state index in [2.05, 4.69) is 5.32 Å². The van der Waals surface area contributed by atoms with Gasteiger partial charge >= 0.3 is 0 Å². The molecule has 0 bridgehead atoms. The van der Waals surface area contributed by atoms with Crippen LogP contribution in [-0.2, 0) is 7.05 Å². The number of nitrogen functional groups attached to an aromatic ring is 1. The molecule has 0 spiro atoms. The highest BCUT2D eigenvalue weighted by atomic mass is 32.2. The lowest BCUT2D eigenvalue weighted by molar-refractivity contribution is 0.0948. The van der Waals surface area contributed by atoms with Gasteiger partial charge in [0.05, 0.1) is 5.69 Å². The molecule has 1 amide bonds. The summed E-state index contributed by atoms with van der Waals surface area (Å²) in [6, 6.07) is 1.66. The van der Waals surface area contributed by atoms with Crippen LogP contribution in [0, 0.1) is 0 Å². The molecule has 0 fully saturated rings. The van der Waals surface area contributed by atoms with Crippen molar-refractivity contribution in [1.29, 1.82) is 0 Å². The highest BCUT2D eigenvalue weighted by molar-refractivity contribution is 7.99. The van der Waals surface area contributed by atoms with Gasteiger partial charge in [0.25, 0.3) is 5.91 Å². The van der Waals surface area contributed by atoms with Crippen LogP contribution in [-0.4, -0.2) is 40.2 Å². The Morgan fingerprint density at radius 2 is 2.35 bits per heavy atom. The molecule has 5 nitrogen and oxygen atoms in total. The Balaban J connectivity index is 2.23. The van der Waals surface area contributed by atoms with Crippen molar-refractivity contribution in [2.45, 2.75) is 6.42 Å². The molecule has 0 aliphatic heterocycles. The maximum Gasteiger partial charge on any atom is 0.268 e. The fourth-order valence-corrected chi connectivity index (χ4v) is 2.20. The van der Waals surface area contributed by atoms with E-state index in [0.29, 0.717) is 17.9 Å². The molecule has 1 rings (SSSR count). The smallest absolute Gasteiger partial charge is 0.268 e. The first-order valence-corrected chi connectivity index (χ1v) is 6.69. The molecular weight excluding hydrogens is 238 g/mol.